The zero-order valence-electron chi connectivity index (χ0n) is 15.6. The number of carbonyl (C=O) groups is 2. The summed E-state index contributed by atoms with van der Waals surface area (Å²) in [6.45, 7) is 2.55. The Labute approximate surface area is 163 Å². The van der Waals surface area contributed by atoms with E-state index in [9.17, 15) is 14.0 Å². The Hall–Kier alpha value is -2.96. The van der Waals surface area contributed by atoms with E-state index in [4.69, 9.17) is 0 Å². The van der Waals surface area contributed by atoms with Crippen LogP contribution in [0.2, 0.25) is 0 Å². The number of carbonyl (C=O) groups excluding carboxylic acids is 2. The van der Waals surface area contributed by atoms with Crippen molar-refractivity contribution in [1.82, 2.24) is 9.88 Å². The predicted octanol–water partition coefficient (Wildman–Crippen LogP) is 2.81. The lowest BCUT2D eigenvalue weighted by molar-refractivity contribution is -0.128. The van der Waals surface area contributed by atoms with Gasteiger partial charge in [-0.2, -0.15) is 0 Å². The van der Waals surface area contributed by atoms with Gasteiger partial charge in [0.05, 0.1) is 11.6 Å². The number of likely N-dealkylation sites (tertiary alicyclic amines) is 1. The number of hydrogen-bond donors (Lipinski definition) is 1. The van der Waals surface area contributed by atoms with Gasteiger partial charge in [-0.1, -0.05) is 0 Å². The Morgan fingerprint density at radius 3 is 2.64 bits per heavy atom. The molecule has 3 heterocycles. The normalized spacial score (nSPS) is 19.3. The highest BCUT2D eigenvalue weighted by Gasteiger charge is 2.34. The molecule has 0 spiro atoms. The number of nitrogens with zero attached hydrogens (tertiary/aromatic N) is 3. The average molecular weight is 382 g/mol. The lowest BCUT2D eigenvalue weighted by Crippen LogP contribution is -2.28. The summed E-state index contributed by atoms with van der Waals surface area (Å²) >= 11 is 0. The Balaban J connectivity index is 1.37. The monoisotopic (exact) mass is 382 g/mol. The van der Waals surface area contributed by atoms with E-state index >= 15 is 0 Å². The molecule has 1 aromatic heterocycles. The summed E-state index contributed by atoms with van der Waals surface area (Å²) in [5.74, 6) is -1.07. The summed E-state index contributed by atoms with van der Waals surface area (Å²) in [4.78, 5) is 32.5. The summed E-state index contributed by atoms with van der Waals surface area (Å²) in [6, 6.07) is 8.50. The number of nitrogens with one attached hydrogen (secondary N) is 1. The molecule has 146 valence electrons. The van der Waals surface area contributed by atoms with Crippen LogP contribution >= 0.6 is 0 Å². The lowest BCUT2D eigenvalue weighted by atomic mass is 10.1. The van der Waals surface area contributed by atoms with Crippen LogP contribution < -0.4 is 10.2 Å². The number of hydrogen-bond acceptors (Lipinski definition) is 4. The van der Waals surface area contributed by atoms with E-state index < -0.39 is 5.92 Å². The van der Waals surface area contributed by atoms with Crippen molar-refractivity contribution in [2.75, 3.05) is 29.9 Å². The summed E-state index contributed by atoms with van der Waals surface area (Å²) in [7, 11) is 0. The van der Waals surface area contributed by atoms with Crippen LogP contribution in [0.3, 0.4) is 0 Å². The van der Waals surface area contributed by atoms with Gasteiger partial charge < -0.3 is 15.1 Å². The van der Waals surface area contributed by atoms with Crippen molar-refractivity contribution in [1.29, 1.82) is 0 Å². The molecule has 2 aliphatic heterocycles. The first-order valence-corrected chi connectivity index (χ1v) is 9.62. The van der Waals surface area contributed by atoms with Crippen molar-refractivity contribution >= 4 is 23.2 Å². The van der Waals surface area contributed by atoms with Gasteiger partial charge in [0.2, 0.25) is 11.8 Å². The van der Waals surface area contributed by atoms with Crippen LogP contribution in [0.4, 0.5) is 15.8 Å². The molecule has 0 aliphatic carbocycles. The van der Waals surface area contributed by atoms with Gasteiger partial charge in [0, 0.05) is 50.7 Å². The number of amides is 2. The molecule has 4 rings (SSSR count). The molecule has 2 aliphatic rings. The van der Waals surface area contributed by atoms with Crippen LogP contribution in [-0.4, -0.2) is 41.3 Å². The van der Waals surface area contributed by atoms with E-state index in [1.54, 1.807) is 29.4 Å². The molecule has 7 heteroatoms. The molecule has 6 nitrogen and oxygen atoms in total. The minimum Gasteiger partial charge on any atom is -0.369 e. The van der Waals surface area contributed by atoms with Gasteiger partial charge in [-0.15, -0.1) is 0 Å². The topological polar surface area (TPSA) is 65.5 Å². The number of benzene rings is 1. The first-order chi connectivity index (χ1) is 13.6. The fourth-order valence-electron chi connectivity index (χ4n) is 3.85. The summed E-state index contributed by atoms with van der Waals surface area (Å²) in [6.07, 6.45) is 5.68. The number of anilines is 2. The van der Waals surface area contributed by atoms with Crippen molar-refractivity contribution in [3.05, 3.63) is 54.1 Å². The Morgan fingerprint density at radius 1 is 1.18 bits per heavy atom. The molecule has 2 aromatic rings. The number of halogens is 1. The third-order valence-corrected chi connectivity index (χ3v) is 5.37. The third-order valence-electron chi connectivity index (χ3n) is 5.37. The maximum atomic E-state index is 14.4. The summed E-state index contributed by atoms with van der Waals surface area (Å²) < 4.78 is 14.4. The van der Waals surface area contributed by atoms with E-state index in [0.717, 1.165) is 31.5 Å². The molecule has 0 radical (unpaired) electrons. The maximum absolute atomic E-state index is 14.4. The summed E-state index contributed by atoms with van der Waals surface area (Å²) in [5.41, 5.74) is 1.98. The molecule has 2 amide bonds. The molecule has 0 saturated carbocycles. The first kappa shape index (κ1) is 18.4. The van der Waals surface area contributed by atoms with Crippen LogP contribution in [0.5, 0.6) is 0 Å². The minimum absolute atomic E-state index is 0.0486. The van der Waals surface area contributed by atoms with Crippen LogP contribution in [0.1, 0.15) is 24.8 Å². The molecule has 1 N–H and O–H groups in total. The Bertz CT molecular complexity index is 868. The molecule has 1 atom stereocenters. The van der Waals surface area contributed by atoms with Gasteiger partial charge in [-0.25, -0.2) is 4.39 Å². The number of aromatic nitrogens is 1. The average Bonchev–Trinajstić information content (AvgIpc) is 3.33. The van der Waals surface area contributed by atoms with Gasteiger partial charge in [0.15, 0.2) is 0 Å². The van der Waals surface area contributed by atoms with E-state index in [2.05, 4.69) is 10.3 Å². The molecule has 28 heavy (non-hydrogen) atoms. The van der Waals surface area contributed by atoms with Gasteiger partial charge >= 0.3 is 0 Å². The second-order valence-electron chi connectivity index (χ2n) is 7.38. The second-order valence-corrected chi connectivity index (χ2v) is 7.38. The lowest BCUT2D eigenvalue weighted by Gasteiger charge is -2.19. The van der Waals surface area contributed by atoms with Crippen molar-refractivity contribution in [3.8, 4) is 0 Å². The molecule has 2 saturated heterocycles. The van der Waals surface area contributed by atoms with Crippen molar-refractivity contribution in [2.24, 2.45) is 5.92 Å². The Morgan fingerprint density at radius 2 is 1.93 bits per heavy atom. The fraction of sp³-hybridized carbons (Fsp3) is 0.381. The quantitative estimate of drug-likeness (QED) is 0.864. The predicted molar refractivity (Wildman–Crippen MR) is 104 cm³/mol. The second kappa shape index (κ2) is 7.96. The van der Waals surface area contributed by atoms with Gasteiger partial charge in [-0.05, 0) is 48.7 Å². The van der Waals surface area contributed by atoms with Crippen LogP contribution in [0.25, 0.3) is 0 Å². The SMILES string of the molecule is O=C(Nc1ccc(N2CCCC2)c(F)c1)[C@H]1CC(=O)N(Cc2ccncc2)C1. The summed E-state index contributed by atoms with van der Waals surface area (Å²) in [5, 5.41) is 2.76. The zero-order chi connectivity index (χ0) is 19.5. The minimum atomic E-state index is -0.435. The standard InChI is InChI=1S/C21H23FN4O2/c22-18-12-17(3-4-19(18)25-9-1-2-10-25)24-21(28)16-11-20(27)26(14-16)13-15-5-7-23-8-6-15/h3-8,12,16H,1-2,9-11,13-14H2,(H,24,28)/t16-/m0/s1. The molecular weight excluding hydrogens is 359 g/mol. The highest BCUT2D eigenvalue weighted by Crippen LogP contribution is 2.27. The highest BCUT2D eigenvalue weighted by atomic mass is 19.1. The van der Waals surface area contributed by atoms with E-state index in [0.29, 0.717) is 24.5 Å². The van der Waals surface area contributed by atoms with Gasteiger partial charge in [0.1, 0.15) is 5.82 Å². The van der Waals surface area contributed by atoms with Crippen LogP contribution in [0.15, 0.2) is 42.7 Å². The molecule has 2 fully saturated rings. The van der Waals surface area contributed by atoms with E-state index in [1.165, 1.54) is 6.07 Å². The van der Waals surface area contributed by atoms with Crippen molar-refractivity contribution in [3.63, 3.8) is 0 Å². The largest absolute Gasteiger partial charge is 0.369 e. The van der Waals surface area contributed by atoms with Crippen molar-refractivity contribution in [2.45, 2.75) is 25.8 Å². The maximum Gasteiger partial charge on any atom is 0.229 e. The molecule has 0 unspecified atom stereocenters. The Kier molecular flexibility index (Phi) is 5.23. The van der Waals surface area contributed by atoms with Crippen LogP contribution in [0, 0.1) is 11.7 Å². The number of pyridine rings is 1. The fourth-order valence-corrected chi connectivity index (χ4v) is 3.85. The van der Waals surface area contributed by atoms with Crippen molar-refractivity contribution < 1.29 is 14.0 Å². The zero-order valence-corrected chi connectivity index (χ0v) is 15.6. The smallest absolute Gasteiger partial charge is 0.229 e. The number of rotatable bonds is 5. The molecule has 1 aromatic carbocycles. The van der Waals surface area contributed by atoms with Crippen LogP contribution in [-0.2, 0) is 16.1 Å². The molecule has 0 bridgehead atoms. The van der Waals surface area contributed by atoms with Gasteiger partial charge in [-0.3, -0.25) is 14.6 Å². The third kappa shape index (κ3) is 3.98. The van der Waals surface area contributed by atoms with E-state index in [1.807, 2.05) is 17.0 Å². The highest BCUT2D eigenvalue weighted by molar-refractivity contribution is 5.97. The molecular formula is C21H23FN4O2. The van der Waals surface area contributed by atoms with E-state index in [-0.39, 0.29) is 24.1 Å². The first-order valence-electron chi connectivity index (χ1n) is 9.62. The van der Waals surface area contributed by atoms with Gasteiger partial charge in [0.25, 0.3) is 0 Å².